The molecule has 3 unspecified atom stereocenters. The lowest BCUT2D eigenvalue weighted by Gasteiger charge is -2.41. The molecule has 2 fully saturated rings. The van der Waals surface area contributed by atoms with Gasteiger partial charge in [0.15, 0.2) is 5.78 Å². The van der Waals surface area contributed by atoms with E-state index in [2.05, 4.69) is 26.2 Å². The van der Waals surface area contributed by atoms with Crippen LogP contribution in [0.1, 0.15) is 26.2 Å². The van der Waals surface area contributed by atoms with E-state index in [0.717, 1.165) is 25.0 Å². The fourth-order valence-electron chi connectivity index (χ4n) is 3.51. The molecular weight excluding hydrogens is 380 g/mol. The molecule has 1 amide bonds. The summed E-state index contributed by atoms with van der Waals surface area (Å²) < 4.78 is 5.04. The summed E-state index contributed by atoms with van der Waals surface area (Å²) in [5.41, 5.74) is 0.848. The number of allylic oxidation sites excluding steroid dienone is 1. The number of amides is 1. The second-order valence-electron chi connectivity index (χ2n) is 6.23. The summed E-state index contributed by atoms with van der Waals surface area (Å²) in [6.07, 6.45) is 2.96. The van der Waals surface area contributed by atoms with Crippen LogP contribution in [0.5, 0.6) is 0 Å². The summed E-state index contributed by atoms with van der Waals surface area (Å²) in [6.45, 7) is 4.84. The molecule has 0 aromatic heterocycles. The number of carbonyl (C=O) groups excluding carboxylic acids is 2. The van der Waals surface area contributed by atoms with Crippen molar-refractivity contribution in [3.05, 3.63) is 11.1 Å². The summed E-state index contributed by atoms with van der Waals surface area (Å²) in [5.74, 6) is 0.434. The maximum Gasteiger partial charge on any atom is 0.409 e. The maximum atomic E-state index is 12.9. The van der Waals surface area contributed by atoms with Crippen molar-refractivity contribution in [2.75, 3.05) is 32.8 Å². The molecule has 3 rings (SSSR count). The standard InChI is InChI=1S/C16H23BrN2O3S/c1-2-22-16(21)19-7-5-18(6-8-19)13-10-23-14-4-3-11(17)9-12(14)15(13)20/h10-12,14H,2-9H2,1H3. The van der Waals surface area contributed by atoms with Gasteiger partial charge in [0, 0.05) is 42.2 Å². The van der Waals surface area contributed by atoms with Crippen molar-refractivity contribution < 1.29 is 14.3 Å². The van der Waals surface area contributed by atoms with Gasteiger partial charge >= 0.3 is 6.09 Å². The lowest BCUT2D eigenvalue weighted by molar-refractivity contribution is -0.121. The van der Waals surface area contributed by atoms with E-state index in [-0.39, 0.29) is 12.0 Å². The number of ketones is 1. The minimum Gasteiger partial charge on any atom is -0.450 e. The van der Waals surface area contributed by atoms with Crippen molar-refractivity contribution in [2.45, 2.75) is 36.3 Å². The highest BCUT2D eigenvalue weighted by molar-refractivity contribution is 9.09. The van der Waals surface area contributed by atoms with Crippen LogP contribution in [0.15, 0.2) is 11.1 Å². The number of alkyl halides is 1. The van der Waals surface area contributed by atoms with Gasteiger partial charge in [-0.1, -0.05) is 15.9 Å². The maximum absolute atomic E-state index is 12.9. The van der Waals surface area contributed by atoms with Gasteiger partial charge in [-0.15, -0.1) is 11.8 Å². The van der Waals surface area contributed by atoms with Crippen LogP contribution in [0.25, 0.3) is 0 Å². The lowest BCUT2D eigenvalue weighted by Crippen LogP contribution is -2.50. The van der Waals surface area contributed by atoms with E-state index in [1.807, 2.05) is 18.7 Å². The summed E-state index contributed by atoms with van der Waals surface area (Å²) >= 11 is 5.50. The zero-order chi connectivity index (χ0) is 16.4. The third-order valence-electron chi connectivity index (χ3n) is 4.81. The number of Topliss-reactive ketones (excluding diaryl/α,β-unsaturated/α-hetero) is 1. The van der Waals surface area contributed by atoms with Gasteiger partial charge in [-0.2, -0.15) is 0 Å². The van der Waals surface area contributed by atoms with Crippen LogP contribution in [-0.2, 0) is 9.53 Å². The first-order chi connectivity index (χ1) is 11.1. The van der Waals surface area contributed by atoms with Crippen molar-refractivity contribution in [1.82, 2.24) is 9.80 Å². The van der Waals surface area contributed by atoms with E-state index in [4.69, 9.17) is 4.74 Å². The Hall–Kier alpha value is -0.690. The largest absolute Gasteiger partial charge is 0.450 e. The molecule has 0 aromatic carbocycles. The molecule has 0 spiro atoms. The lowest BCUT2D eigenvalue weighted by atomic mass is 9.84. The Kier molecular flexibility index (Phi) is 5.57. The monoisotopic (exact) mass is 402 g/mol. The van der Waals surface area contributed by atoms with Gasteiger partial charge in [0.05, 0.1) is 12.3 Å². The Balaban J connectivity index is 1.61. The predicted molar refractivity (Wildman–Crippen MR) is 94.7 cm³/mol. The number of hydrogen-bond donors (Lipinski definition) is 0. The highest BCUT2D eigenvalue weighted by atomic mass is 79.9. The number of piperazine rings is 1. The molecule has 0 aromatic rings. The van der Waals surface area contributed by atoms with E-state index >= 15 is 0 Å². The van der Waals surface area contributed by atoms with E-state index in [9.17, 15) is 9.59 Å². The first kappa shape index (κ1) is 17.1. The van der Waals surface area contributed by atoms with Gasteiger partial charge in [0.25, 0.3) is 0 Å². The minimum absolute atomic E-state index is 0.140. The van der Waals surface area contributed by atoms with Gasteiger partial charge in [0.2, 0.25) is 0 Å². The van der Waals surface area contributed by atoms with Crippen LogP contribution in [0, 0.1) is 5.92 Å². The number of carbonyl (C=O) groups is 2. The third kappa shape index (κ3) is 3.71. The van der Waals surface area contributed by atoms with E-state index in [1.54, 1.807) is 4.90 Å². The third-order valence-corrected chi connectivity index (χ3v) is 6.92. The molecule has 7 heteroatoms. The van der Waals surface area contributed by atoms with Gasteiger partial charge < -0.3 is 14.5 Å². The first-order valence-electron chi connectivity index (χ1n) is 8.30. The summed E-state index contributed by atoms with van der Waals surface area (Å²) in [7, 11) is 0. The molecule has 2 heterocycles. The van der Waals surface area contributed by atoms with E-state index in [1.165, 1.54) is 0 Å². The quantitative estimate of drug-likeness (QED) is 0.664. The van der Waals surface area contributed by atoms with E-state index < -0.39 is 0 Å². The number of thioether (sulfide) groups is 1. The highest BCUT2D eigenvalue weighted by Gasteiger charge is 2.40. The number of ether oxygens (including phenoxy) is 1. The molecule has 23 heavy (non-hydrogen) atoms. The Morgan fingerprint density at radius 1 is 1.35 bits per heavy atom. The number of hydrogen-bond acceptors (Lipinski definition) is 5. The molecule has 3 aliphatic rings. The highest BCUT2D eigenvalue weighted by Crippen LogP contribution is 2.42. The van der Waals surface area contributed by atoms with Crippen LogP contribution in [0.3, 0.4) is 0 Å². The second kappa shape index (κ2) is 7.47. The van der Waals surface area contributed by atoms with Crippen LogP contribution in [-0.4, -0.2) is 64.5 Å². The summed E-state index contributed by atoms with van der Waals surface area (Å²) in [5, 5.41) is 2.50. The molecule has 5 nitrogen and oxygen atoms in total. The average Bonchev–Trinajstić information content (AvgIpc) is 2.56. The fourth-order valence-corrected chi connectivity index (χ4v) is 5.44. The summed E-state index contributed by atoms with van der Waals surface area (Å²) in [6, 6.07) is 0. The smallest absolute Gasteiger partial charge is 0.409 e. The zero-order valence-corrected chi connectivity index (χ0v) is 15.8. The number of rotatable bonds is 2. The first-order valence-corrected chi connectivity index (χ1v) is 10.2. The normalized spacial score (nSPS) is 31.5. The molecule has 1 saturated carbocycles. The predicted octanol–water partition coefficient (Wildman–Crippen LogP) is 2.85. The molecule has 0 bridgehead atoms. The molecule has 0 N–H and O–H groups in total. The molecule has 3 atom stereocenters. The Morgan fingerprint density at radius 2 is 2.09 bits per heavy atom. The van der Waals surface area contributed by atoms with Crippen molar-refractivity contribution in [3.8, 4) is 0 Å². The van der Waals surface area contributed by atoms with Gasteiger partial charge in [-0.3, -0.25) is 4.79 Å². The van der Waals surface area contributed by atoms with Crippen molar-refractivity contribution >= 4 is 39.6 Å². The molecule has 128 valence electrons. The van der Waals surface area contributed by atoms with Crippen LogP contribution >= 0.6 is 27.7 Å². The van der Waals surface area contributed by atoms with Crippen LogP contribution in [0.4, 0.5) is 4.79 Å². The van der Waals surface area contributed by atoms with Crippen molar-refractivity contribution in [1.29, 1.82) is 0 Å². The Morgan fingerprint density at radius 3 is 2.78 bits per heavy atom. The second-order valence-corrected chi connectivity index (χ2v) is 8.64. The molecule has 1 aliphatic carbocycles. The van der Waals surface area contributed by atoms with Crippen LogP contribution < -0.4 is 0 Å². The average molecular weight is 403 g/mol. The number of nitrogens with zero attached hydrogens (tertiary/aromatic N) is 2. The van der Waals surface area contributed by atoms with Gasteiger partial charge in [-0.05, 0) is 31.6 Å². The number of fused-ring (bicyclic) bond motifs is 1. The van der Waals surface area contributed by atoms with Crippen LogP contribution in [0.2, 0.25) is 0 Å². The topological polar surface area (TPSA) is 49.9 Å². The zero-order valence-electron chi connectivity index (χ0n) is 13.4. The fraction of sp³-hybridized carbons (Fsp3) is 0.750. The SMILES string of the molecule is CCOC(=O)N1CCN(C2=CSC3CCC(Br)CC3C2=O)CC1. The Labute approximate surface area is 149 Å². The molecule has 2 aliphatic heterocycles. The number of halogens is 1. The molecular formula is C16H23BrN2O3S. The Bertz CT molecular complexity index is 506. The van der Waals surface area contributed by atoms with Crippen molar-refractivity contribution in [2.24, 2.45) is 5.92 Å². The minimum atomic E-state index is -0.250. The van der Waals surface area contributed by atoms with Gasteiger partial charge in [0.1, 0.15) is 0 Å². The molecule has 1 saturated heterocycles. The summed E-state index contributed by atoms with van der Waals surface area (Å²) in [4.78, 5) is 29.0. The molecule has 0 radical (unpaired) electrons. The van der Waals surface area contributed by atoms with E-state index in [0.29, 0.717) is 48.6 Å². The van der Waals surface area contributed by atoms with Gasteiger partial charge in [-0.25, -0.2) is 4.79 Å². The van der Waals surface area contributed by atoms with Crippen molar-refractivity contribution in [3.63, 3.8) is 0 Å².